The van der Waals surface area contributed by atoms with Gasteiger partial charge in [-0.3, -0.25) is 14.5 Å². The van der Waals surface area contributed by atoms with E-state index >= 15 is 0 Å². The van der Waals surface area contributed by atoms with E-state index in [1.807, 2.05) is 71.0 Å². The molecule has 0 aliphatic rings. The SMILES string of the molecule is C=C(C)CN(CC(=O)Nc1c(C)cccc1C)CC(=O)Nc1c(C)cccc1C. The van der Waals surface area contributed by atoms with Crippen molar-refractivity contribution in [3.63, 3.8) is 0 Å². The van der Waals surface area contributed by atoms with Gasteiger partial charge in [0.1, 0.15) is 0 Å². The molecule has 0 bridgehead atoms. The molecule has 0 aliphatic heterocycles. The van der Waals surface area contributed by atoms with Crippen LogP contribution >= 0.6 is 0 Å². The maximum atomic E-state index is 12.6. The third-order valence-corrected chi connectivity index (χ3v) is 4.72. The Balaban J connectivity index is 2.06. The average molecular weight is 394 g/mol. The van der Waals surface area contributed by atoms with Crippen molar-refractivity contribution in [2.45, 2.75) is 34.6 Å². The predicted octanol–water partition coefficient (Wildman–Crippen LogP) is 4.38. The minimum Gasteiger partial charge on any atom is -0.324 e. The monoisotopic (exact) mass is 393 g/mol. The predicted molar refractivity (Wildman–Crippen MR) is 120 cm³/mol. The van der Waals surface area contributed by atoms with Crippen molar-refractivity contribution >= 4 is 23.2 Å². The van der Waals surface area contributed by atoms with E-state index in [1.165, 1.54) is 0 Å². The van der Waals surface area contributed by atoms with Gasteiger partial charge in [0.25, 0.3) is 0 Å². The number of hydrogen-bond donors (Lipinski definition) is 2. The molecule has 2 amide bonds. The maximum absolute atomic E-state index is 12.6. The Labute approximate surface area is 173 Å². The molecule has 2 rings (SSSR count). The van der Waals surface area contributed by atoms with Crippen LogP contribution in [0.5, 0.6) is 0 Å². The second-order valence-corrected chi connectivity index (χ2v) is 7.73. The molecule has 0 spiro atoms. The van der Waals surface area contributed by atoms with Crippen LogP contribution in [0, 0.1) is 27.7 Å². The molecule has 2 aromatic rings. The first-order chi connectivity index (χ1) is 13.7. The van der Waals surface area contributed by atoms with Gasteiger partial charge >= 0.3 is 0 Å². The van der Waals surface area contributed by atoms with Crippen molar-refractivity contribution in [3.05, 3.63) is 70.8 Å². The average Bonchev–Trinajstić information content (AvgIpc) is 2.61. The van der Waals surface area contributed by atoms with E-state index < -0.39 is 0 Å². The van der Waals surface area contributed by atoms with Gasteiger partial charge in [-0.15, -0.1) is 0 Å². The Bertz CT molecular complexity index is 810. The first-order valence-corrected chi connectivity index (χ1v) is 9.76. The Morgan fingerprint density at radius 2 is 1.10 bits per heavy atom. The fraction of sp³-hybridized carbons (Fsp3) is 0.333. The minimum absolute atomic E-state index is 0.112. The van der Waals surface area contributed by atoms with E-state index in [-0.39, 0.29) is 24.9 Å². The van der Waals surface area contributed by atoms with E-state index in [9.17, 15) is 9.59 Å². The summed E-state index contributed by atoms with van der Waals surface area (Å²) in [5.41, 5.74) is 6.59. The van der Waals surface area contributed by atoms with Gasteiger partial charge in [-0.05, 0) is 56.9 Å². The molecule has 0 fully saturated rings. The molecule has 29 heavy (non-hydrogen) atoms. The Kier molecular flexibility index (Phi) is 7.74. The second kappa shape index (κ2) is 10.0. The van der Waals surface area contributed by atoms with Crippen LogP contribution in [0.15, 0.2) is 48.6 Å². The van der Waals surface area contributed by atoms with Crippen LogP contribution in [-0.4, -0.2) is 36.3 Å². The molecule has 2 N–H and O–H groups in total. The lowest BCUT2D eigenvalue weighted by Gasteiger charge is -2.22. The molecule has 0 aliphatic carbocycles. The topological polar surface area (TPSA) is 61.4 Å². The molecular formula is C24H31N3O2. The fourth-order valence-corrected chi connectivity index (χ4v) is 3.34. The number of rotatable bonds is 8. The van der Waals surface area contributed by atoms with Crippen LogP contribution in [0.1, 0.15) is 29.2 Å². The van der Waals surface area contributed by atoms with Gasteiger partial charge in [-0.1, -0.05) is 48.6 Å². The van der Waals surface area contributed by atoms with Crippen molar-refractivity contribution in [1.29, 1.82) is 0 Å². The van der Waals surface area contributed by atoms with Crippen LogP contribution in [-0.2, 0) is 9.59 Å². The zero-order valence-corrected chi connectivity index (χ0v) is 18.1. The van der Waals surface area contributed by atoms with Crippen molar-refractivity contribution in [1.82, 2.24) is 4.90 Å². The van der Waals surface area contributed by atoms with Gasteiger partial charge in [0.15, 0.2) is 0 Å². The second-order valence-electron chi connectivity index (χ2n) is 7.73. The summed E-state index contributed by atoms with van der Waals surface area (Å²) in [6.45, 7) is 14.4. The highest BCUT2D eigenvalue weighted by molar-refractivity contribution is 5.96. The minimum atomic E-state index is -0.150. The molecule has 0 unspecified atom stereocenters. The number of nitrogens with zero attached hydrogens (tertiary/aromatic N) is 1. The van der Waals surface area contributed by atoms with Crippen LogP contribution in [0.4, 0.5) is 11.4 Å². The summed E-state index contributed by atoms with van der Waals surface area (Å²) < 4.78 is 0. The third kappa shape index (κ3) is 6.57. The molecule has 2 aromatic carbocycles. The highest BCUT2D eigenvalue weighted by atomic mass is 16.2. The first-order valence-electron chi connectivity index (χ1n) is 9.76. The van der Waals surface area contributed by atoms with Gasteiger partial charge in [0.2, 0.25) is 11.8 Å². The Morgan fingerprint density at radius 1 is 0.759 bits per heavy atom. The summed E-state index contributed by atoms with van der Waals surface area (Å²) in [5.74, 6) is -0.299. The normalized spacial score (nSPS) is 10.7. The number of aryl methyl sites for hydroxylation is 4. The number of hydrogen-bond acceptors (Lipinski definition) is 3. The molecule has 5 heteroatoms. The maximum Gasteiger partial charge on any atom is 0.238 e. The molecule has 0 atom stereocenters. The molecule has 154 valence electrons. The van der Waals surface area contributed by atoms with E-state index in [0.717, 1.165) is 39.2 Å². The van der Waals surface area contributed by atoms with E-state index in [0.29, 0.717) is 6.54 Å². The molecular weight excluding hydrogens is 362 g/mol. The van der Waals surface area contributed by atoms with Crippen molar-refractivity contribution < 1.29 is 9.59 Å². The van der Waals surface area contributed by atoms with Gasteiger partial charge in [-0.25, -0.2) is 0 Å². The van der Waals surface area contributed by atoms with Gasteiger partial charge in [0.05, 0.1) is 13.1 Å². The molecule has 0 radical (unpaired) electrons. The van der Waals surface area contributed by atoms with Crippen LogP contribution in [0.2, 0.25) is 0 Å². The summed E-state index contributed by atoms with van der Waals surface area (Å²) in [6, 6.07) is 11.8. The van der Waals surface area contributed by atoms with Crippen molar-refractivity contribution in [2.75, 3.05) is 30.3 Å². The van der Waals surface area contributed by atoms with E-state index in [2.05, 4.69) is 17.2 Å². The summed E-state index contributed by atoms with van der Waals surface area (Å²) in [7, 11) is 0. The highest BCUT2D eigenvalue weighted by Crippen LogP contribution is 2.20. The number of anilines is 2. The lowest BCUT2D eigenvalue weighted by molar-refractivity contribution is -0.119. The third-order valence-electron chi connectivity index (χ3n) is 4.72. The van der Waals surface area contributed by atoms with Gasteiger partial charge in [-0.2, -0.15) is 0 Å². The zero-order valence-electron chi connectivity index (χ0n) is 18.1. The molecule has 0 saturated heterocycles. The van der Waals surface area contributed by atoms with Crippen LogP contribution < -0.4 is 10.6 Å². The van der Waals surface area contributed by atoms with E-state index in [1.54, 1.807) is 4.90 Å². The Morgan fingerprint density at radius 3 is 1.41 bits per heavy atom. The lowest BCUT2D eigenvalue weighted by atomic mass is 10.1. The van der Waals surface area contributed by atoms with Gasteiger partial charge < -0.3 is 10.6 Å². The fourth-order valence-electron chi connectivity index (χ4n) is 3.34. The smallest absolute Gasteiger partial charge is 0.238 e. The number of carbonyl (C=O) groups excluding carboxylic acids is 2. The number of para-hydroxylation sites is 2. The zero-order chi connectivity index (χ0) is 21.6. The largest absolute Gasteiger partial charge is 0.324 e. The summed E-state index contributed by atoms with van der Waals surface area (Å²) >= 11 is 0. The highest BCUT2D eigenvalue weighted by Gasteiger charge is 2.17. The number of benzene rings is 2. The van der Waals surface area contributed by atoms with Crippen LogP contribution in [0.3, 0.4) is 0 Å². The number of nitrogens with one attached hydrogen (secondary N) is 2. The molecule has 0 heterocycles. The Hall–Kier alpha value is -2.92. The molecule has 0 saturated carbocycles. The summed E-state index contributed by atoms with van der Waals surface area (Å²) in [4.78, 5) is 27.1. The van der Waals surface area contributed by atoms with Crippen molar-refractivity contribution in [3.8, 4) is 0 Å². The molecule has 0 aromatic heterocycles. The number of carbonyl (C=O) groups is 2. The quantitative estimate of drug-likeness (QED) is 0.655. The first kappa shape index (κ1) is 22.4. The van der Waals surface area contributed by atoms with E-state index in [4.69, 9.17) is 0 Å². The van der Waals surface area contributed by atoms with Gasteiger partial charge in [0, 0.05) is 17.9 Å². The van der Waals surface area contributed by atoms with Crippen molar-refractivity contribution in [2.24, 2.45) is 0 Å². The lowest BCUT2D eigenvalue weighted by Crippen LogP contribution is -2.40. The summed E-state index contributed by atoms with van der Waals surface area (Å²) in [5, 5.41) is 5.96. The summed E-state index contributed by atoms with van der Waals surface area (Å²) in [6.07, 6.45) is 0. The van der Waals surface area contributed by atoms with Crippen LogP contribution in [0.25, 0.3) is 0 Å². The number of amides is 2. The standard InChI is InChI=1S/C24H31N3O2/c1-16(2)13-27(14-21(28)25-23-17(3)9-7-10-18(23)4)15-22(29)26-24-19(5)11-8-12-20(24)6/h7-12H,1,13-15H2,2-6H3,(H,25,28)(H,26,29). The molecule has 5 nitrogen and oxygen atoms in total.